The minimum absolute atomic E-state index is 0.105. The molecule has 0 radical (unpaired) electrons. The molecule has 0 saturated carbocycles. The Morgan fingerprint density at radius 1 is 1.19 bits per heavy atom. The van der Waals surface area contributed by atoms with Gasteiger partial charge in [0.05, 0.1) is 0 Å². The van der Waals surface area contributed by atoms with Crippen molar-refractivity contribution in [1.82, 2.24) is 4.57 Å². The van der Waals surface area contributed by atoms with Gasteiger partial charge in [-0.05, 0) is 31.4 Å². The molecule has 1 aromatic heterocycles. The van der Waals surface area contributed by atoms with E-state index < -0.39 is 0 Å². The first-order valence-corrected chi connectivity index (χ1v) is 5.82. The Morgan fingerprint density at radius 2 is 1.88 bits per heavy atom. The zero-order valence-corrected chi connectivity index (χ0v) is 10.4. The fourth-order valence-electron chi connectivity index (χ4n) is 1.64. The molecule has 0 saturated heterocycles. The van der Waals surface area contributed by atoms with Gasteiger partial charge in [0.15, 0.2) is 0 Å². The van der Waals surface area contributed by atoms with E-state index in [1.54, 1.807) is 4.57 Å². The zero-order chi connectivity index (χ0) is 12.1. The molecule has 1 aromatic carbocycles. The maximum atomic E-state index is 11.9. The fraction of sp³-hybridized carbons (Fsp3) is 0.357. The average molecular weight is 217 g/mol. The SMILES string of the molecule is CC.CCn1ccc2ccc(C)cc2c1=O. The second-order valence-corrected chi connectivity index (χ2v) is 3.50. The number of benzene rings is 1. The van der Waals surface area contributed by atoms with Crippen molar-refractivity contribution in [3.05, 3.63) is 46.4 Å². The second kappa shape index (κ2) is 5.50. The van der Waals surface area contributed by atoms with E-state index in [1.807, 2.05) is 58.2 Å². The average Bonchev–Trinajstić information content (AvgIpc) is 2.33. The third-order valence-corrected chi connectivity index (χ3v) is 2.47. The molecule has 0 atom stereocenters. The summed E-state index contributed by atoms with van der Waals surface area (Å²) in [5.41, 5.74) is 1.23. The second-order valence-electron chi connectivity index (χ2n) is 3.50. The van der Waals surface area contributed by atoms with Crippen LogP contribution < -0.4 is 5.56 Å². The van der Waals surface area contributed by atoms with Gasteiger partial charge in [-0.3, -0.25) is 4.79 Å². The lowest BCUT2D eigenvalue weighted by Gasteiger charge is -2.04. The summed E-state index contributed by atoms with van der Waals surface area (Å²) >= 11 is 0. The molecule has 2 nitrogen and oxygen atoms in total. The molecule has 2 heteroatoms. The largest absolute Gasteiger partial charge is 0.315 e. The molecule has 86 valence electrons. The minimum Gasteiger partial charge on any atom is -0.315 e. The number of hydrogen-bond donors (Lipinski definition) is 0. The Labute approximate surface area is 96.5 Å². The fourth-order valence-corrected chi connectivity index (χ4v) is 1.64. The summed E-state index contributed by atoms with van der Waals surface area (Å²) in [7, 11) is 0. The predicted molar refractivity (Wildman–Crippen MR) is 70.0 cm³/mol. The van der Waals surface area contributed by atoms with E-state index in [9.17, 15) is 4.79 Å². The van der Waals surface area contributed by atoms with Crippen molar-refractivity contribution in [1.29, 1.82) is 0 Å². The molecule has 0 unspecified atom stereocenters. The van der Waals surface area contributed by atoms with Crippen LogP contribution in [-0.2, 0) is 6.54 Å². The first-order valence-electron chi connectivity index (χ1n) is 5.82. The van der Waals surface area contributed by atoms with Gasteiger partial charge in [-0.1, -0.05) is 31.5 Å². The van der Waals surface area contributed by atoms with Gasteiger partial charge in [0.25, 0.3) is 5.56 Å². The van der Waals surface area contributed by atoms with Crippen LogP contribution in [0.2, 0.25) is 0 Å². The normalized spacial score (nSPS) is 9.75. The molecule has 0 spiro atoms. The van der Waals surface area contributed by atoms with Gasteiger partial charge in [0.2, 0.25) is 0 Å². The van der Waals surface area contributed by atoms with E-state index >= 15 is 0 Å². The molecule has 1 heterocycles. The van der Waals surface area contributed by atoms with E-state index in [1.165, 1.54) is 0 Å². The van der Waals surface area contributed by atoms with Crippen LogP contribution in [0.4, 0.5) is 0 Å². The van der Waals surface area contributed by atoms with E-state index in [0.29, 0.717) is 0 Å². The number of nitrogens with zero attached hydrogens (tertiary/aromatic N) is 1. The van der Waals surface area contributed by atoms with Crippen molar-refractivity contribution >= 4 is 10.8 Å². The molecule has 2 aromatic rings. The smallest absolute Gasteiger partial charge is 0.258 e. The Morgan fingerprint density at radius 3 is 2.50 bits per heavy atom. The number of fused-ring (bicyclic) bond motifs is 1. The highest BCUT2D eigenvalue weighted by molar-refractivity contribution is 5.81. The van der Waals surface area contributed by atoms with Crippen LogP contribution in [0.1, 0.15) is 26.3 Å². The Bertz CT molecular complexity index is 526. The van der Waals surface area contributed by atoms with E-state index in [0.717, 1.165) is 22.9 Å². The quantitative estimate of drug-likeness (QED) is 0.718. The molecule has 16 heavy (non-hydrogen) atoms. The van der Waals surface area contributed by atoms with Crippen LogP contribution in [0.3, 0.4) is 0 Å². The standard InChI is InChI=1S/C12H13NO.C2H6/c1-3-13-7-6-10-5-4-9(2)8-11(10)12(13)14;1-2/h4-8H,3H2,1-2H3;1-2H3. The van der Waals surface area contributed by atoms with Crippen LogP contribution in [0.5, 0.6) is 0 Å². The molecule has 2 rings (SSSR count). The van der Waals surface area contributed by atoms with Crippen molar-refractivity contribution in [2.75, 3.05) is 0 Å². The molecule has 0 aliphatic heterocycles. The summed E-state index contributed by atoms with van der Waals surface area (Å²) in [4.78, 5) is 11.9. The van der Waals surface area contributed by atoms with E-state index in [2.05, 4.69) is 0 Å². The monoisotopic (exact) mass is 217 g/mol. The number of rotatable bonds is 1. The van der Waals surface area contributed by atoms with Gasteiger partial charge in [-0.2, -0.15) is 0 Å². The first kappa shape index (κ1) is 12.5. The van der Waals surface area contributed by atoms with Crippen molar-refractivity contribution in [3.8, 4) is 0 Å². The lowest BCUT2D eigenvalue weighted by Crippen LogP contribution is -2.18. The lowest BCUT2D eigenvalue weighted by atomic mass is 10.1. The summed E-state index contributed by atoms with van der Waals surface area (Å²) in [6, 6.07) is 7.95. The molecular weight excluding hydrogens is 198 g/mol. The maximum absolute atomic E-state index is 11.9. The molecule has 0 aliphatic rings. The van der Waals surface area contributed by atoms with Crippen LogP contribution in [0, 0.1) is 6.92 Å². The van der Waals surface area contributed by atoms with E-state index in [4.69, 9.17) is 0 Å². The topological polar surface area (TPSA) is 22.0 Å². The van der Waals surface area contributed by atoms with Crippen molar-refractivity contribution < 1.29 is 0 Å². The summed E-state index contributed by atoms with van der Waals surface area (Å²) in [5.74, 6) is 0. The Kier molecular flexibility index (Phi) is 4.29. The summed E-state index contributed by atoms with van der Waals surface area (Å²) in [6.45, 7) is 8.70. The third kappa shape index (κ3) is 2.32. The van der Waals surface area contributed by atoms with Gasteiger partial charge in [0.1, 0.15) is 0 Å². The predicted octanol–water partition coefficient (Wildman–Crippen LogP) is 3.36. The first-order chi connectivity index (χ1) is 7.72. The van der Waals surface area contributed by atoms with Gasteiger partial charge in [0, 0.05) is 18.1 Å². The molecule has 0 bridgehead atoms. The maximum Gasteiger partial charge on any atom is 0.258 e. The van der Waals surface area contributed by atoms with Gasteiger partial charge < -0.3 is 4.57 Å². The summed E-state index contributed by atoms with van der Waals surface area (Å²) in [5, 5.41) is 1.83. The van der Waals surface area contributed by atoms with Crippen LogP contribution in [0.15, 0.2) is 35.3 Å². The molecule has 0 aliphatic carbocycles. The van der Waals surface area contributed by atoms with Gasteiger partial charge in [-0.25, -0.2) is 0 Å². The molecule has 0 amide bonds. The van der Waals surface area contributed by atoms with Crippen molar-refractivity contribution in [2.45, 2.75) is 34.2 Å². The van der Waals surface area contributed by atoms with E-state index in [-0.39, 0.29) is 5.56 Å². The van der Waals surface area contributed by atoms with Crippen LogP contribution >= 0.6 is 0 Å². The van der Waals surface area contributed by atoms with Crippen molar-refractivity contribution in [3.63, 3.8) is 0 Å². The molecule has 0 fully saturated rings. The third-order valence-electron chi connectivity index (χ3n) is 2.47. The van der Waals surface area contributed by atoms with Crippen LogP contribution in [0.25, 0.3) is 10.8 Å². The van der Waals surface area contributed by atoms with Crippen LogP contribution in [-0.4, -0.2) is 4.57 Å². The number of aryl methyl sites for hydroxylation is 2. The van der Waals surface area contributed by atoms with Gasteiger partial charge in [-0.15, -0.1) is 0 Å². The zero-order valence-electron chi connectivity index (χ0n) is 10.4. The molecule has 0 N–H and O–H groups in total. The minimum atomic E-state index is 0.105. The highest BCUT2D eigenvalue weighted by atomic mass is 16.1. The molecular formula is C14H19NO. The number of aromatic nitrogens is 1. The Hall–Kier alpha value is -1.57. The van der Waals surface area contributed by atoms with Crippen molar-refractivity contribution in [2.24, 2.45) is 0 Å². The van der Waals surface area contributed by atoms with Gasteiger partial charge >= 0.3 is 0 Å². The number of pyridine rings is 1. The summed E-state index contributed by atoms with van der Waals surface area (Å²) in [6.07, 6.45) is 1.85. The highest BCUT2D eigenvalue weighted by Crippen LogP contribution is 2.11. The highest BCUT2D eigenvalue weighted by Gasteiger charge is 2.00. The lowest BCUT2D eigenvalue weighted by molar-refractivity contribution is 0.735. The Balaban J connectivity index is 0.000000606. The summed E-state index contributed by atoms with van der Waals surface area (Å²) < 4.78 is 1.72. The number of hydrogen-bond acceptors (Lipinski definition) is 1.